The fourth-order valence-electron chi connectivity index (χ4n) is 3.71. The number of hydrogen-bond donors (Lipinski definition) is 0. The van der Waals surface area contributed by atoms with Crippen molar-refractivity contribution in [1.82, 2.24) is 0 Å². The van der Waals surface area contributed by atoms with Crippen molar-refractivity contribution in [3.8, 4) is 0 Å². The van der Waals surface area contributed by atoms with E-state index in [1.807, 2.05) is 24.3 Å². The van der Waals surface area contributed by atoms with Gasteiger partial charge < -0.3 is 0 Å². The van der Waals surface area contributed by atoms with Gasteiger partial charge >= 0.3 is 0 Å². The molecule has 1 aliphatic carbocycles. The normalized spacial score (nSPS) is 27.5. The first-order valence-corrected chi connectivity index (χ1v) is 7.53. The number of hydrogen-bond acceptors (Lipinski definition) is 2. The van der Waals surface area contributed by atoms with Crippen LogP contribution in [0.5, 0.6) is 0 Å². The van der Waals surface area contributed by atoms with Gasteiger partial charge in [0.05, 0.1) is 17.7 Å². The predicted molar refractivity (Wildman–Crippen MR) is 83.7 cm³/mol. The highest BCUT2D eigenvalue weighted by Gasteiger charge is 2.44. The van der Waals surface area contributed by atoms with Gasteiger partial charge in [-0.1, -0.05) is 60.7 Å². The lowest BCUT2D eigenvalue weighted by atomic mass is 9.67. The summed E-state index contributed by atoms with van der Waals surface area (Å²) in [5.41, 5.74) is 3.36. The molecule has 1 saturated carbocycles. The molecule has 3 atom stereocenters. The molecule has 2 aromatic rings. The molecule has 0 radical (unpaired) electrons. The van der Waals surface area contributed by atoms with Gasteiger partial charge in [-0.15, -0.1) is 0 Å². The Hall–Kier alpha value is -2.22. The number of fused-ring (bicyclic) bond motifs is 2. The van der Waals surface area contributed by atoms with Crippen LogP contribution in [0.25, 0.3) is 0 Å². The monoisotopic (exact) mass is 275 g/mol. The largest absolute Gasteiger partial charge is 0.299 e. The summed E-state index contributed by atoms with van der Waals surface area (Å²) in [5.74, 6) is 0.568. The first-order chi connectivity index (χ1) is 10.3. The van der Waals surface area contributed by atoms with E-state index in [9.17, 15) is 4.79 Å². The van der Waals surface area contributed by atoms with E-state index in [2.05, 4.69) is 36.4 Å². The zero-order valence-corrected chi connectivity index (χ0v) is 11.8. The summed E-state index contributed by atoms with van der Waals surface area (Å²) in [6, 6.07) is 20.7. The summed E-state index contributed by atoms with van der Waals surface area (Å²) in [6.45, 7) is 0. The molecule has 2 heteroatoms. The summed E-state index contributed by atoms with van der Waals surface area (Å²) >= 11 is 0. The molecule has 0 saturated heterocycles. The molecule has 2 bridgehead atoms. The standard InChI is InChI=1S/C19H17NO/c21-17-12-15-11-16(13-7-3-1-4-8-13)18(17)19(20-15)14-9-5-2-6-10-14/h1-10,15-16,18H,11-12H2/t15-,16+,18+/m0/s1. The molecule has 3 aliphatic rings. The Morgan fingerprint density at radius 1 is 0.905 bits per heavy atom. The maximum Gasteiger partial charge on any atom is 0.144 e. The van der Waals surface area contributed by atoms with Crippen LogP contribution in [0.15, 0.2) is 65.7 Å². The Morgan fingerprint density at radius 3 is 2.24 bits per heavy atom. The highest BCUT2D eigenvalue weighted by atomic mass is 16.1. The zero-order chi connectivity index (χ0) is 14.2. The topological polar surface area (TPSA) is 29.4 Å². The van der Waals surface area contributed by atoms with Crippen molar-refractivity contribution in [3.63, 3.8) is 0 Å². The summed E-state index contributed by atoms with van der Waals surface area (Å²) < 4.78 is 0. The third-order valence-electron chi connectivity index (χ3n) is 4.63. The van der Waals surface area contributed by atoms with E-state index in [1.54, 1.807) is 0 Å². The third kappa shape index (κ3) is 2.11. The summed E-state index contributed by atoms with van der Waals surface area (Å²) in [6.07, 6.45) is 1.61. The van der Waals surface area contributed by atoms with E-state index in [4.69, 9.17) is 4.99 Å². The molecule has 104 valence electrons. The Balaban J connectivity index is 1.78. The zero-order valence-electron chi connectivity index (χ0n) is 11.8. The molecule has 0 aromatic heterocycles. The Kier molecular flexibility index (Phi) is 2.95. The predicted octanol–water partition coefficient (Wildman–Crippen LogP) is 3.62. The fourth-order valence-corrected chi connectivity index (χ4v) is 3.71. The van der Waals surface area contributed by atoms with Crippen molar-refractivity contribution in [2.45, 2.75) is 24.8 Å². The molecule has 2 nitrogen and oxygen atoms in total. The maximum absolute atomic E-state index is 12.5. The number of ketones is 1. The van der Waals surface area contributed by atoms with Crippen LogP contribution in [-0.4, -0.2) is 17.5 Å². The number of carbonyl (C=O) groups is 1. The van der Waals surface area contributed by atoms with Gasteiger partial charge in [0, 0.05) is 12.3 Å². The first-order valence-electron chi connectivity index (χ1n) is 7.53. The summed E-state index contributed by atoms with van der Waals surface area (Å²) in [7, 11) is 0. The molecule has 2 heterocycles. The van der Waals surface area contributed by atoms with Crippen LogP contribution < -0.4 is 0 Å². The van der Waals surface area contributed by atoms with Crippen LogP contribution in [0.3, 0.4) is 0 Å². The van der Waals surface area contributed by atoms with Crippen LogP contribution in [-0.2, 0) is 4.79 Å². The number of carbonyl (C=O) groups excluding carboxylic acids is 1. The van der Waals surface area contributed by atoms with Crippen molar-refractivity contribution < 1.29 is 4.79 Å². The van der Waals surface area contributed by atoms with Gasteiger partial charge in [0.25, 0.3) is 0 Å². The van der Waals surface area contributed by atoms with Crippen LogP contribution >= 0.6 is 0 Å². The van der Waals surface area contributed by atoms with E-state index in [0.29, 0.717) is 12.2 Å². The highest BCUT2D eigenvalue weighted by Crippen LogP contribution is 2.43. The molecule has 1 fully saturated rings. The van der Waals surface area contributed by atoms with Gasteiger partial charge in [0.1, 0.15) is 5.78 Å². The lowest BCUT2D eigenvalue weighted by molar-refractivity contribution is -0.123. The quantitative estimate of drug-likeness (QED) is 0.823. The van der Waals surface area contributed by atoms with Crippen LogP contribution in [0, 0.1) is 5.92 Å². The number of benzene rings is 2. The second-order valence-electron chi connectivity index (χ2n) is 5.94. The van der Waals surface area contributed by atoms with E-state index >= 15 is 0 Å². The molecular formula is C19H17NO. The molecule has 5 rings (SSSR count). The second-order valence-corrected chi connectivity index (χ2v) is 5.94. The van der Waals surface area contributed by atoms with Gasteiger partial charge in [-0.2, -0.15) is 0 Å². The van der Waals surface area contributed by atoms with Crippen LogP contribution in [0.4, 0.5) is 0 Å². The minimum Gasteiger partial charge on any atom is -0.299 e. The number of nitrogens with zero attached hydrogens (tertiary/aromatic N) is 1. The minimum atomic E-state index is -0.0696. The smallest absolute Gasteiger partial charge is 0.144 e. The fraction of sp³-hybridized carbons (Fsp3) is 0.263. The summed E-state index contributed by atoms with van der Waals surface area (Å²) in [4.78, 5) is 17.4. The van der Waals surface area contributed by atoms with E-state index in [0.717, 1.165) is 17.7 Å². The van der Waals surface area contributed by atoms with E-state index in [-0.39, 0.29) is 17.9 Å². The van der Waals surface area contributed by atoms with Crippen molar-refractivity contribution in [3.05, 3.63) is 71.8 Å². The Morgan fingerprint density at radius 2 is 1.57 bits per heavy atom. The lowest BCUT2D eigenvalue weighted by Gasteiger charge is -2.40. The molecule has 21 heavy (non-hydrogen) atoms. The molecule has 0 amide bonds. The summed E-state index contributed by atoms with van der Waals surface area (Å²) in [5, 5.41) is 0. The third-order valence-corrected chi connectivity index (χ3v) is 4.63. The lowest BCUT2D eigenvalue weighted by Crippen LogP contribution is -2.44. The molecule has 0 spiro atoms. The van der Waals surface area contributed by atoms with Crippen molar-refractivity contribution in [2.24, 2.45) is 10.9 Å². The van der Waals surface area contributed by atoms with Gasteiger partial charge in [-0.05, 0) is 17.5 Å². The highest BCUT2D eigenvalue weighted by molar-refractivity contribution is 6.16. The number of Topliss-reactive ketones (excluding diaryl/α,β-unsaturated/α-hetero) is 1. The van der Waals surface area contributed by atoms with Gasteiger partial charge in [0.2, 0.25) is 0 Å². The van der Waals surface area contributed by atoms with Gasteiger partial charge in [-0.25, -0.2) is 0 Å². The average molecular weight is 275 g/mol. The molecular weight excluding hydrogens is 258 g/mol. The first kappa shape index (κ1) is 12.5. The minimum absolute atomic E-state index is 0.0696. The van der Waals surface area contributed by atoms with Crippen molar-refractivity contribution in [1.29, 1.82) is 0 Å². The SMILES string of the molecule is O=C1C[C@@H]2C[C@H](c3ccccc3)[C@H]1C(c1ccccc1)=N2. The Bertz CT molecular complexity index is 690. The number of rotatable bonds is 2. The molecule has 0 unspecified atom stereocenters. The van der Waals surface area contributed by atoms with E-state index < -0.39 is 0 Å². The van der Waals surface area contributed by atoms with Crippen LogP contribution in [0.1, 0.15) is 29.9 Å². The Labute approximate surface area is 124 Å². The number of aliphatic imine (C=N–C) groups is 1. The molecule has 2 aliphatic heterocycles. The van der Waals surface area contributed by atoms with Gasteiger partial charge in [0.15, 0.2) is 0 Å². The maximum atomic E-state index is 12.5. The second kappa shape index (κ2) is 4.96. The van der Waals surface area contributed by atoms with Crippen molar-refractivity contribution in [2.75, 3.05) is 0 Å². The van der Waals surface area contributed by atoms with Crippen molar-refractivity contribution >= 4 is 11.5 Å². The van der Waals surface area contributed by atoms with Crippen LogP contribution in [0.2, 0.25) is 0 Å². The molecule has 0 N–H and O–H groups in total. The van der Waals surface area contributed by atoms with E-state index in [1.165, 1.54) is 5.56 Å². The molecule has 2 aromatic carbocycles. The average Bonchev–Trinajstić information content (AvgIpc) is 2.56. The van der Waals surface area contributed by atoms with Gasteiger partial charge in [-0.3, -0.25) is 9.79 Å².